The van der Waals surface area contributed by atoms with Gasteiger partial charge in [0.05, 0.1) is 5.52 Å². The van der Waals surface area contributed by atoms with Crippen LogP contribution in [0.15, 0.2) is 48.5 Å². The summed E-state index contributed by atoms with van der Waals surface area (Å²) in [7, 11) is 0. The minimum atomic E-state index is -0.481. The molecular weight excluding hydrogens is 253 g/mol. The number of nitrogens with one attached hydrogen (secondary N) is 1. The van der Waals surface area contributed by atoms with E-state index in [9.17, 15) is 4.39 Å². The molecule has 20 heavy (non-hydrogen) atoms. The lowest BCUT2D eigenvalue weighted by Crippen LogP contribution is -2.03. The maximum absolute atomic E-state index is 13.0. The second-order valence-corrected chi connectivity index (χ2v) is 4.64. The first-order valence-electron chi connectivity index (χ1n) is 6.44. The Bertz CT molecular complexity index is 756. The van der Waals surface area contributed by atoms with Crippen molar-refractivity contribution in [3.8, 4) is 0 Å². The highest BCUT2D eigenvalue weighted by molar-refractivity contribution is 5.82. The lowest BCUT2D eigenvalue weighted by molar-refractivity contribution is 0.585. The Hall–Kier alpha value is -2.49. The van der Waals surface area contributed by atoms with E-state index in [-0.39, 0.29) is 0 Å². The van der Waals surface area contributed by atoms with Gasteiger partial charge in [0, 0.05) is 17.6 Å². The fourth-order valence-electron chi connectivity index (χ4n) is 2.23. The molecule has 3 rings (SSSR count). The summed E-state index contributed by atoms with van der Waals surface area (Å²) < 4.78 is 13.0. The lowest BCUT2D eigenvalue weighted by Gasteiger charge is -2.09. The molecular formula is C16H14FN3. The molecule has 2 heterocycles. The molecule has 0 saturated carbocycles. The lowest BCUT2D eigenvalue weighted by atomic mass is 10.1. The number of rotatable bonds is 3. The zero-order valence-corrected chi connectivity index (χ0v) is 11.1. The van der Waals surface area contributed by atoms with Crippen molar-refractivity contribution >= 4 is 16.7 Å². The number of aromatic nitrogens is 2. The van der Waals surface area contributed by atoms with Crippen molar-refractivity contribution in [2.24, 2.45) is 0 Å². The Kier molecular flexibility index (Phi) is 3.29. The monoisotopic (exact) mass is 267 g/mol. The third-order valence-electron chi connectivity index (χ3n) is 3.10. The molecule has 0 spiro atoms. The Morgan fingerprint density at radius 3 is 2.75 bits per heavy atom. The number of benzene rings is 1. The molecule has 0 saturated heterocycles. The molecule has 0 aliphatic heterocycles. The van der Waals surface area contributed by atoms with E-state index in [2.05, 4.69) is 15.3 Å². The molecule has 0 aliphatic rings. The minimum absolute atomic E-state index is 0.481. The number of nitrogens with zero attached hydrogens (tertiary/aromatic N) is 2. The van der Waals surface area contributed by atoms with E-state index >= 15 is 0 Å². The van der Waals surface area contributed by atoms with Gasteiger partial charge in [-0.05, 0) is 36.8 Å². The van der Waals surface area contributed by atoms with Crippen LogP contribution in [0.2, 0.25) is 0 Å². The summed E-state index contributed by atoms with van der Waals surface area (Å²) in [5, 5.41) is 4.24. The van der Waals surface area contributed by atoms with Crippen molar-refractivity contribution in [2.75, 3.05) is 5.32 Å². The van der Waals surface area contributed by atoms with Crippen LogP contribution in [0, 0.1) is 12.9 Å². The van der Waals surface area contributed by atoms with Crippen molar-refractivity contribution in [1.29, 1.82) is 0 Å². The highest BCUT2D eigenvalue weighted by Gasteiger charge is 2.04. The molecule has 0 bridgehead atoms. The summed E-state index contributed by atoms with van der Waals surface area (Å²) >= 11 is 0. The van der Waals surface area contributed by atoms with Crippen LogP contribution in [0.3, 0.4) is 0 Å². The van der Waals surface area contributed by atoms with E-state index in [1.807, 2.05) is 37.3 Å². The number of hydrogen-bond donors (Lipinski definition) is 1. The molecule has 4 heteroatoms. The van der Waals surface area contributed by atoms with E-state index in [1.54, 1.807) is 12.1 Å². The Balaban J connectivity index is 1.91. The van der Waals surface area contributed by atoms with Gasteiger partial charge < -0.3 is 5.32 Å². The van der Waals surface area contributed by atoms with Gasteiger partial charge in [-0.25, -0.2) is 4.98 Å². The summed E-state index contributed by atoms with van der Waals surface area (Å²) in [4.78, 5) is 8.30. The van der Waals surface area contributed by atoms with Gasteiger partial charge in [-0.2, -0.15) is 4.39 Å². The van der Waals surface area contributed by atoms with E-state index in [0.29, 0.717) is 12.4 Å². The molecule has 100 valence electrons. The molecule has 2 aromatic heterocycles. The van der Waals surface area contributed by atoms with Crippen LogP contribution in [0.25, 0.3) is 10.9 Å². The maximum atomic E-state index is 13.0. The number of halogens is 1. The van der Waals surface area contributed by atoms with Crippen LogP contribution in [-0.2, 0) is 6.54 Å². The normalized spacial score (nSPS) is 10.7. The highest BCUT2D eigenvalue weighted by atomic mass is 19.1. The van der Waals surface area contributed by atoms with Crippen molar-refractivity contribution in [1.82, 2.24) is 9.97 Å². The average Bonchev–Trinajstić information content (AvgIpc) is 2.44. The predicted molar refractivity (Wildman–Crippen MR) is 78.0 cm³/mol. The highest BCUT2D eigenvalue weighted by Crippen LogP contribution is 2.19. The average molecular weight is 267 g/mol. The summed E-state index contributed by atoms with van der Waals surface area (Å²) in [5.74, 6) is 0.0503. The molecule has 0 radical (unpaired) electrons. The van der Waals surface area contributed by atoms with Crippen LogP contribution in [-0.4, -0.2) is 9.97 Å². The molecule has 1 N–H and O–H groups in total. The maximum Gasteiger partial charge on any atom is 0.214 e. The van der Waals surface area contributed by atoms with Crippen LogP contribution < -0.4 is 5.32 Å². The largest absolute Gasteiger partial charge is 0.366 e. The van der Waals surface area contributed by atoms with Gasteiger partial charge in [0.2, 0.25) is 5.95 Å². The van der Waals surface area contributed by atoms with Gasteiger partial charge >= 0.3 is 0 Å². The van der Waals surface area contributed by atoms with Gasteiger partial charge in [-0.3, -0.25) is 4.98 Å². The molecule has 0 fully saturated rings. The number of pyridine rings is 2. The smallest absolute Gasteiger partial charge is 0.214 e. The second-order valence-electron chi connectivity index (χ2n) is 4.64. The first-order valence-corrected chi connectivity index (χ1v) is 6.44. The Morgan fingerprint density at radius 2 is 1.90 bits per heavy atom. The summed E-state index contributed by atoms with van der Waals surface area (Å²) in [5.41, 5.74) is 3.06. The van der Waals surface area contributed by atoms with E-state index in [4.69, 9.17) is 0 Å². The number of anilines is 1. The molecule has 0 unspecified atom stereocenters. The molecule has 3 nitrogen and oxygen atoms in total. The molecule has 1 aromatic carbocycles. The Morgan fingerprint density at radius 1 is 1.05 bits per heavy atom. The van der Waals surface area contributed by atoms with Crippen molar-refractivity contribution in [3.05, 3.63) is 65.7 Å². The summed E-state index contributed by atoms with van der Waals surface area (Å²) in [6.07, 6.45) is 0. The predicted octanol–water partition coefficient (Wildman–Crippen LogP) is 3.69. The van der Waals surface area contributed by atoms with Gasteiger partial charge in [0.25, 0.3) is 0 Å². The minimum Gasteiger partial charge on any atom is -0.366 e. The van der Waals surface area contributed by atoms with Crippen molar-refractivity contribution < 1.29 is 4.39 Å². The SMILES string of the molecule is Cc1cc(CNc2cccc(F)n2)c2ccccc2n1. The molecule has 3 aromatic rings. The van der Waals surface area contributed by atoms with Gasteiger partial charge in [-0.1, -0.05) is 24.3 Å². The second kappa shape index (κ2) is 5.25. The third-order valence-corrected chi connectivity index (χ3v) is 3.10. The number of fused-ring (bicyclic) bond motifs is 1. The quantitative estimate of drug-likeness (QED) is 0.735. The topological polar surface area (TPSA) is 37.8 Å². The van der Waals surface area contributed by atoms with Crippen LogP contribution in [0.1, 0.15) is 11.3 Å². The van der Waals surface area contributed by atoms with Gasteiger partial charge in [0.1, 0.15) is 5.82 Å². The van der Waals surface area contributed by atoms with Crippen LogP contribution in [0.4, 0.5) is 10.2 Å². The zero-order valence-electron chi connectivity index (χ0n) is 11.1. The van der Waals surface area contributed by atoms with E-state index < -0.39 is 5.95 Å². The fraction of sp³-hybridized carbons (Fsp3) is 0.125. The first-order chi connectivity index (χ1) is 9.72. The van der Waals surface area contributed by atoms with E-state index in [0.717, 1.165) is 22.2 Å². The molecule has 0 atom stereocenters. The van der Waals surface area contributed by atoms with Crippen molar-refractivity contribution in [2.45, 2.75) is 13.5 Å². The first kappa shape index (κ1) is 12.5. The summed E-state index contributed by atoms with van der Waals surface area (Å²) in [6.45, 7) is 2.55. The fourth-order valence-corrected chi connectivity index (χ4v) is 2.23. The zero-order chi connectivity index (χ0) is 13.9. The standard InChI is InChI=1S/C16H14FN3/c1-11-9-12(13-5-2-3-6-14(13)19-11)10-18-16-8-4-7-15(17)20-16/h2-9H,10H2,1H3,(H,18,20). The number of hydrogen-bond acceptors (Lipinski definition) is 3. The molecule has 0 amide bonds. The summed E-state index contributed by atoms with van der Waals surface area (Å²) in [6, 6.07) is 14.7. The number of aryl methyl sites for hydroxylation is 1. The molecule has 0 aliphatic carbocycles. The third kappa shape index (κ3) is 2.59. The van der Waals surface area contributed by atoms with Gasteiger partial charge in [0.15, 0.2) is 0 Å². The van der Waals surface area contributed by atoms with E-state index in [1.165, 1.54) is 6.07 Å². The number of para-hydroxylation sites is 1. The van der Waals surface area contributed by atoms with Crippen molar-refractivity contribution in [3.63, 3.8) is 0 Å². The van der Waals surface area contributed by atoms with Crippen LogP contribution in [0.5, 0.6) is 0 Å². The Labute approximate surface area is 116 Å². The van der Waals surface area contributed by atoms with Crippen LogP contribution >= 0.6 is 0 Å². The van der Waals surface area contributed by atoms with Gasteiger partial charge in [-0.15, -0.1) is 0 Å².